The minimum absolute atomic E-state index is 0.00648. The number of esters is 1. The molecule has 0 aliphatic carbocycles. The summed E-state index contributed by atoms with van der Waals surface area (Å²) in [6.45, 7) is 6.90. The summed E-state index contributed by atoms with van der Waals surface area (Å²) in [4.78, 5) is 12.5. The summed E-state index contributed by atoms with van der Waals surface area (Å²) in [6, 6.07) is 23.9. The van der Waals surface area contributed by atoms with Crippen LogP contribution in [0.2, 0.25) is 0 Å². The minimum atomic E-state index is -0.358. The lowest BCUT2D eigenvalue weighted by Gasteiger charge is -2.12. The summed E-state index contributed by atoms with van der Waals surface area (Å²) < 4.78 is 11.2. The van der Waals surface area contributed by atoms with E-state index >= 15 is 0 Å². The predicted molar refractivity (Wildman–Crippen MR) is 145 cm³/mol. The Morgan fingerprint density at radius 3 is 1.89 bits per heavy atom. The van der Waals surface area contributed by atoms with Crippen LogP contribution in [0, 0.1) is 0 Å². The van der Waals surface area contributed by atoms with E-state index in [0.29, 0.717) is 17.9 Å². The van der Waals surface area contributed by atoms with Crippen LogP contribution in [0.4, 0.5) is 0 Å². The van der Waals surface area contributed by atoms with Gasteiger partial charge in [-0.15, -0.1) is 0 Å². The van der Waals surface area contributed by atoms with Crippen LogP contribution in [0.25, 0.3) is 11.1 Å². The molecular formula is C32H40O3. The van der Waals surface area contributed by atoms with Crippen molar-refractivity contribution in [1.29, 1.82) is 0 Å². The Morgan fingerprint density at radius 1 is 0.714 bits per heavy atom. The monoisotopic (exact) mass is 472 g/mol. The molecule has 0 radical (unpaired) electrons. The van der Waals surface area contributed by atoms with Gasteiger partial charge in [-0.05, 0) is 73.2 Å². The molecule has 0 saturated carbocycles. The molecule has 3 nitrogen and oxygen atoms in total. The van der Waals surface area contributed by atoms with Crippen molar-refractivity contribution in [3.63, 3.8) is 0 Å². The predicted octanol–water partition coefficient (Wildman–Crippen LogP) is 8.96. The molecule has 35 heavy (non-hydrogen) atoms. The van der Waals surface area contributed by atoms with Gasteiger partial charge >= 0.3 is 5.97 Å². The lowest BCUT2D eigenvalue weighted by molar-refractivity contribution is 0.0729. The molecule has 3 aromatic carbocycles. The molecule has 0 N–H and O–H groups in total. The number of rotatable bonds is 14. The molecule has 3 rings (SSSR count). The normalized spacial score (nSPS) is 11.9. The Kier molecular flexibility index (Phi) is 11.0. The zero-order chi connectivity index (χ0) is 24.9. The van der Waals surface area contributed by atoms with Crippen molar-refractivity contribution in [3.8, 4) is 16.9 Å². The number of unbranched alkanes of at least 4 members (excludes halogenated alkanes) is 6. The smallest absolute Gasteiger partial charge is 0.343 e. The van der Waals surface area contributed by atoms with Gasteiger partial charge in [-0.1, -0.05) is 94.0 Å². The lowest BCUT2D eigenvalue weighted by atomic mass is 10.0. The molecular weight excluding hydrogens is 432 g/mol. The quantitative estimate of drug-likeness (QED) is 0.133. The van der Waals surface area contributed by atoms with Gasteiger partial charge in [-0.25, -0.2) is 4.79 Å². The van der Waals surface area contributed by atoms with Gasteiger partial charge in [0.15, 0.2) is 0 Å². The van der Waals surface area contributed by atoms with Crippen LogP contribution in [0.3, 0.4) is 0 Å². The molecule has 1 atom stereocenters. The lowest BCUT2D eigenvalue weighted by Crippen LogP contribution is -2.09. The highest BCUT2D eigenvalue weighted by molar-refractivity contribution is 5.91. The Labute approximate surface area is 211 Å². The van der Waals surface area contributed by atoms with E-state index in [4.69, 9.17) is 9.47 Å². The number of hydrogen-bond donors (Lipinski definition) is 0. The van der Waals surface area contributed by atoms with Gasteiger partial charge < -0.3 is 9.47 Å². The van der Waals surface area contributed by atoms with Crippen LogP contribution >= 0.6 is 0 Å². The Bertz CT molecular complexity index is 1000. The van der Waals surface area contributed by atoms with Gasteiger partial charge in [0.25, 0.3) is 0 Å². The second-order valence-corrected chi connectivity index (χ2v) is 9.20. The number of benzene rings is 3. The molecule has 0 aromatic heterocycles. The zero-order valence-corrected chi connectivity index (χ0v) is 21.6. The average molecular weight is 473 g/mol. The molecule has 186 valence electrons. The second-order valence-electron chi connectivity index (χ2n) is 9.20. The van der Waals surface area contributed by atoms with E-state index < -0.39 is 0 Å². The van der Waals surface area contributed by atoms with Crippen molar-refractivity contribution < 1.29 is 14.3 Å². The molecule has 0 amide bonds. The summed E-state index contributed by atoms with van der Waals surface area (Å²) in [7, 11) is 0. The average Bonchev–Trinajstić information content (AvgIpc) is 2.89. The van der Waals surface area contributed by atoms with Crippen molar-refractivity contribution >= 4 is 5.97 Å². The van der Waals surface area contributed by atoms with Crippen molar-refractivity contribution in [2.45, 2.75) is 78.2 Å². The Balaban J connectivity index is 1.48. The van der Waals surface area contributed by atoms with E-state index in [2.05, 4.69) is 31.2 Å². The highest BCUT2D eigenvalue weighted by Crippen LogP contribution is 2.24. The highest BCUT2D eigenvalue weighted by Gasteiger charge is 2.11. The zero-order valence-electron chi connectivity index (χ0n) is 21.6. The van der Waals surface area contributed by atoms with Crippen LogP contribution in [0.1, 0.15) is 93.3 Å². The fourth-order valence-corrected chi connectivity index (χ4v) is 4.27. The van der Waals surface area contributed by atoms with Crippen molar-refractivity contribution in [2.24, 2.45) is 0 Å². The summed E-state index contributed by atoms with van der Waals surface area (Å²) in [6.07, 6.45) is 10.5. The van der Waals surface area contributed by atoms with E-state index in [9.17, 15) is 4.79 Å². The summed E-state index contributed by atoms with van der Waals surface area (Å²) in [5, 5.41) is 0. The van der Waals surface area contributed by atoms with E-state index in [1.807, 2.05) is 50.2 Å². The number of ether oxygens (including phenoxy) is 2. The number of carbonyl (C=O) groups excluding carboxylic acids is 1. The van der Waals surface area contributed by atoms with Gasteiger partial charge in [0, 0.05) is 6.61 Å². The van der Waals surface area contributed by atoms with Gasteiger partial charge in [0.2, 0.25) is 0 Å². The van der Waals surface area contributed by atoms with E-state index in [0.717, 1.165) is 17.5 Å². The molecule has 0 heterocycles. The van der Waals surface area contributed by atoms with Crippen molar-refractivity contribution in [1.82, 2.24) is 0 Å². The number of carbonyl (C=O) groups is 1. The maximum Gasteiger partial charge on any atom is 0.343 e. The third kappa shape index (κ3) is 8.67. The number of hydrogen-bond acceptors (Lipinski definition) is 3. The second kappa shape index (κ2) is 14.5. The van der Waals surface area contributed by atoms with Gasteiger partial charge in [0.1, 0.15) is 5.75 Å². The van der Waals surface area contributed by atoms with Gasteiger partial charge in [-0.2, -0.15) is 0 Å². The summed E-state index contributed by atoms with van der Waals surface area (Å²) in [5.41, 5.74) is 5.25. The Hall–Kier alpha value is -2.91. The fraction of sp³-hybridized carbons (Fsp3) is 0.406. The first-order chi connectivity index (χ1) is 17.1. The molecule has 0 bridgehead atoms. The summed E-state index contributed by atoms with van der Waals surface area (Å²) in [5.74, 6) is 0.184. The molecule has 3 aromatic rings. The van der Waals surface area contributed by atoms with Crippen LogP contribution < -0.4 is 4.74 Å². The molecule has 0 aliphatic rings. The highest BCUT2D eigenvalue weighted by atomic mass is 16.5. The fourth-order valence-electron chi connectivity index (χ4n) is 4.27. The van der Waals surface area contributed by atoms with Gasteiger partial charge in [0.05, 0.1) is 11.7 Å². The number of aryl methyl sites for hydroxylation is 1. The van der Waals surface area contributed by atoms with Crippen LogP contribution in [0.15, 0.2) is 72.8 Å². The standard InChI is InChI=1S/C32H40O3/c1-4-6-7-8-9-10-11-12-26-13-15-28(16-14-26)29-21-23-31(24-22-29)35-32(33)30-19-17-27(18-20-30)25(3)34-5-2/h13-25H,4-12H2,1-3H3. The molecule has 3 heteroatoms. The largest absolute Gasteiger partial charge is 0.423 e. The maximum absolute atomic E-state index is 12.5. The third-order valence-corrected chi connectivity index (χ3v) is 6.45. The first kappa shape index (κ1) is 26.7. The van der Waals surface area contributed by atoms with Crippen LogP contribution in [0.5, 0.6) is 5.75 Å². The van der Waals surface area contributed by atoms with Crippen LogP contribution in [-0.2, 0) is 11.2 Å². The molecule has 0 aliphatic heterocycles. The van der Waals surface area contributed by atoms with E-state index in [1.165, 1.54) is 56.1 Å². The summed E-state index contributed by atoms with van der Waals surface area (Å²) >= 11 is 0. The van der Waals surface area contributed by atoms with Gasteiger partial charge in [-0.3, -0.25) is 0 Å². The SMILES string of the molecule is CCCCCCCCCc1ccc(-c2ccc(OC(=O)c3ccc(C(C)OCC)cc3)cc2)cc1. The molecule has 0 fully saturated rings. The molecule has 0 spiro atoms. The first-order valence-electron chi connectivity index (χ1n) is 13.2. The topological polar surface area (TPSA) is 35.5 Å². The Morgan fingerprint density at radius 2 is 1.29 bits per heavy atom. The molecule has 1 unspecified atom stereocenters. The first-order valence-corrected chi connectivity index (χ1v) is 13.2. The molecule has 0 saturated heterocycles. The van der Waals surface area contributed by atoms with E-state index in [-0.39, 0.29) is 12.1 Å². The van der Waals surface area contributed by atoms with Crippen LogP contribution in [-0.4, -0.2) is 12.6 Å². The van der Waals surface area contributed by atoms with Crippen molar-refractivity contribution in [3.05, 3.63) is 89.5 Å². The third-order valence-electron chi connectivity index (χ3n) is 6.45. The van der Waals surface area contributed by atoms with Crippen molar-refractivity contribution in [2.75, 3.05) is 6.61 Å². The maximum atomic E-state index is 12.5. The minimum Gasteiger partial charge on any atom is -0.423 e. The van der Waals surface area contributed by atoms with E-state index in [1.54, 1.807) is 12.1 Å².